The second-order valence-corrected chi connectivity index (χ2v) is 8.07. The van der Waals surface area contributed by atoms with Crippen molar-refractivity contribution >= 4 is 29.4 Å². The number of urea groups is 1. The summed E-state index contributed by atoms with van der Waals surface area (Å²) in [5.74, 6) is 0.330. The van der Waals surface area contributed by atoms with Crippen LogP contribution in [-0.4, -0.2) is 41.5 Å². The maximum Gasteiger partial charge on any atom is 0.320 e. The molecule has 4 rings (SSSR count). The number of anilines is 3. The van der Waals surface area contributed by atoms with E-state index in [1.165, 1.54) is 6.21 Å². The monoisotopic (exact) mass is 464 g/mol. The summed E-state index contributed by atoms with van der Waals surface area (Å²) < 4.78 is 11.1. The molecule has 0 aliphatic carbocycles. The number of amides is 2. The molecule has 2 aromatic heterocycles. The molecule has 1 saturated heterocycles. The van der Waals surface area contributed by atoms with E-state index in [0.717, 1.165) is 16.9 Å². The second-order valence-electron chi connectivity index (χ2n) is 8.07. The Kier molecular flexibility index (Phi) is 7.46. The van der Waals surface area contributed by atoms with Crippen LogP contribution in [-0.2, 0) is 16.1 Å². The minimum atomic E-state index is -0.385. The third kappa shape index (κ3) is 5.94. The average Bonchev–Trinajstić information content (AvgIpc) is 2.80. The Hall–Kier alpha value is -3.82. The predicted molar refractivity (Wildman–Crippen MR) is 135 cm³/mol. The quantitative estimate of drug-likeness (QED) is 0.337. The SMILES string of the molecule is Cc1cc(Nc2c(C=N)cc(NC(=O)N[C@H](C)c3ccccc3)nc2COC2COC2)ccn1.[HH].[HH]. The van der Waals surface area contributed by atoms with Crippen molar-refractivity contribution in [1.82, 2.24) is 15.3 Å². The largest absolute Gasteiger partial charge is 0.376 e. The summed E-state index contributed by atoms with van der Waals surface area (Å²) in [5, 5.41) is 17.0. The molecule has 3 heterocycles. The molecule has 1 fully saturated rings. The summed E-state index contributed by atoms with van der Waals surface area (Å²) in [4.78, 5) is 21.5. The van der Waals surface area contributed by atoms with Crippen molar-refractivity contribution in [2.75, 3.05) is 23.8 Å². The highest BCUT2D eigenvalue weighted by atomic mass is 16.6. The number of pyridine rings is 2. The van der Waals surface area contributed by atoms with Gasteiger partial charge in [-0.25, -0.2) is 9.78 Å². The Bertz CT molecular complexity index is 1160. The van der Waals surface area contributed by atoms with Crippen LogP contribution in [0, 0.1) is 12.3 Å². The summed E-state index contributed by atoms with van der Waals surface area (Å²) in [6.07, 6.45) is 2.95. The van der Waals surface area contributed by atoms with Crippen LogP contribution >= 0.6 is 0 Å². The maximum absolute atomic E-state index is 12.7. The fourth-order valence-corrected chi connectivity index (χ4v) is 3.50. The molecule has 3 aromatic rings. The van der Waals surface area contributed by atoms with E-state index in [1.54, 1.807) is 12.3 Å². The molecule has 9 nitrogen and oxygen atoms in total. The third-order valence-corrected chi connectivity index (χ3v) is 5.40. The van der Waals surface area contributed by atoms with Gasteiger partial charge in [0.25, 0.3) is 0 Å². The molecule has 1 aliphatic rings. The highest BCUT2D eigenvalue weighted by molar-refractivity contribution is 5.93. The van der Waals surface area contributed by atoms with Crippen LogP contribution in [0.1, 0.15) is 38.3 Å². The van der Waals surface area contributed by atoms with E-state index >= 15 is 0 Å². The Balaban J connectivity index is 0.00000228. The number of nitrogens with zero attached hydrogens (tertiary/aromatic N) is 2. The van der Waals surface area contributed by atoms with Crippen molar-refractivity contribution in [3.05, 3.63) is 77.2 Å². The zero-order valence-corrected chi connectivity index (χ0v) is 19.2. The van der Waals surface area contributed by atoms with Crippen molar-refractivity contribution in [2.24, 2.45) is 0 Å². The number of rotatable bonds is 9. The van der Waals surface area contributed by atoms with E-state index in [2.05, 4.69) is 25.9 Å². The number of aromatic nitrogens is 2. The molecule has 9 heteroatoms. The zero-order valence-electron chi connectivity index (χ0n) is 19.2. The van der Waals surface area contributed by atoms with Gasteiger partial charge in [0.15, 0.2) is 0 Å². The van der Waals surface area contributed by atoms with Crippen LogP contribution in [0.3, 0.4) is 0 Å². The van der Waals surface area contributed by atoms with Gasteiger partial charge in [-0.15, -0.1) is 0 Å². The Labute approximate surface area is 201 Å². The summed E-state index contributed by atoms with van der Waals surface area (Å²) in [7, 11) is 0. The van der Waals surface area contributed by atoms with Crippen molar-refractivity contribution in [3.63, 3.8) is 0 Å². The predicted octanol–water partition coefficient (Wildman–Crippen LogP) is 4.82. The van der Waals surface area contributed by atoms with E-state index in [0.29, 0.717) is 36.0 Å². The highest BCUT2D eigenvalue weighted by Crippen LogP contribution is 2.27. The number of carbonyl (C=O) groups excluding carboxylic acids is 1. The summed E-state index contributed by atoms with van der Waals surface area (Å²) in [6, 6.07) is 14.5. The minimum absolute atomic E-state index is 0. The first-order chi connectivity index (χ1) is 16.5. The minimum Gasteiger partial charge on any atom is -0.376 e. The molecule has 0 bridgehead atoms. The normalized spacial score (nSPS) is 14.1. The fourth-order valence-electron chi connectivity index (χ4n) is 3.50. The first-order valence-corrected chi connectivity index (χ1v) is 11.1. The molecular formula is C25H32N6O3. The van der Waals surface area contributed by atoms with Gasteiger partial charge in [-0.05, 0) is 37.6 Å². The van der Waals surface area contributed by atoms with Gasteiger partial charge < -0.3 is 25.5 Å². The smallest absolute Gasteiger partial charge is 0.320 e. The number of hydrogen-bond donors (Lipinski definition) is 4. The number of nitrogens with one attached hydrogen (secondary N) is 4. The molecule has 4 N–H and O–H groups in total. The van der Waals surface area contributed by atoms with Gasteiger partial charge in [0.2, 0.25) is 0 Å². The van der Waals surface area contributed by atoms with E-state index in [9.17, 15) is 4.79 Å². The Morgan fingerprint density at radius 1 is 1.29 bits per heavy atom. The molecule has 0 spiro atoms. The Morgan fingerprint density at radius 3 is 2.76 bits per heavy atom. The lowest BCUT2D eigenvalue weighted by atomic mass is 10.1. The van der Waals surface area contributed by atoms with E-state index in [4.69, 9.17) is 14.9 Å². The van der Waals surface area contributed by atoms with Crippen molar-refractivity contribution in [1.29, 1.82) is 5.41 Å². The second kappa shape index (κ2) is 10.9. The van der Waals surface area contributed by atoms with Crippen LogP contribution in [0.4, 0.5) is 22.0 Å². The molecule has 1 atom stereocenters. The van der Waals surface area contributed by atoms with E-state index in [1.807, 2.05) is 56.3 Å². The number of hydrogen-bond acceptors (Lipinski definition) is 7. The standard InChI is InChI=1S/C25H28N6O3.2H2/c1-16-10-20(8-9-27-16)29-24-19(12-26)11-23(30-22(24)15-34-21-13-33-14-21)31-25(32)28-17(2)18-6-4-3-5-7-18;;/h3-12,17,21,26H,13-15H2,1-2H3,(H,27,29)(H2,28,30,31,32);2*1H/t17-;;/m1../s1. The lowest BCUT2D eigenvalue weighted by Gasteiger charge is -2.26. The van der Waals surface area contributed by atoms with E-state index in [-0.39, 0.29) is 27.6 Å². The summed E-state index contributed by atoms with van der Waals surface area (Å²) in [5.41, 5.74) is 4.47. The van der Waals surface area contributed by atoms with Gasteiger partial charge in [0.1, 0.15) is 11.9 Å². The van der Waals surface area contributed by atoms with Gasteiger partial charge in [0.05, 0.1) is 37.2 Å². The number of aryl methyl sites for hydroxylation is 1. The van der Waals surface area contributed by atoms with Crippen molar-refractivity contribution < 1.29 is 17.1 Å². The fraction of sp³-hybridized carbons (Fsp3) is 0.280. The van der Waals surface area contributed by atoms with Gasteiger partial charge >= 0.3 is 6.03 Å². The van der Waals surface area contributed by atoms with Crippen LogP contribution < -0.4 is 16.0 Å². The van der Waals surface area contributed by atoms with Crippen LogP contribution in [0.5, 0.6) is 0 Å². The molecule has 1 aliphatic heterocycles. The maximum atomic E-state index is 12.7. The molecular weight excluding hydrogens is 432 g/mol. The first kappa shape index (κ1) is 23.3. The van der Waals surface area contributed by atoms with Gasteiger partial charge in [-0.3, -0.25) is 10.3 Å². The number of carbonyl (C=O) groups is 1. The first-order valence-electron chi connectivity index (χ1n) is 11.1. The molecule has 34 heavy (non-hydrogen) atoms. The van der Waals surface area contributed by atoms with Crippen molar-refractivity contribution in [3.8, 4) is 0 Å². The molecule has 2 amide bonds. The molecule has 1 aromatic carbocycles. The lowest BCUT2D eigenvalue weighted by Crippen LogP contribution is -2.36. The number of benzene rings is 1. The van der Waals surface area contributed by atoms with Gasteiger partial charge in [-0.2, -0.15) is 0 Å². The van der Waals surface area contributed by atoms with E-state index < -0.39 is 0 Å². The Morgan fingerprint density at radius 2 is 2.09 bits per heavy atom. The molecule has 0 unspecified atom stereocenters. The molecule has 0 radical (unpaired) electrons. The molecule has 0 saturated carbocycles. The van der Waals surface area contributed by atoms with Gasteiger partial charge in [-0.1, -0.05) is 30.3 Å². The highest BCUT2D eigenvalue weighted by Gasteiger charge is 2.21. The average molecular weight is 465 g/mol. The lowest BCUT2D eigenvalue weighted by molar-refractivity contribution is -0.135. The molecule has 180 valence electrons. The third-order valence-electron chi connectivity index (χ3n) is 5.40. The van der Waals surface area contributed by atoms with Crippen LogP contribution in [0.25, 0.3) is 0 Å². The van der Waals surface area contributed by atoms with Gasteiger partial charge in [0, 0.05) is 32.2 Å². The number of ether oxygens (including phenoxy) is 2. The summed E-state index contributed by atoms with van der Waals surface area (Å²) in [6.45, 7) is 5.11. The summed E-state index contributed by atoms with van der Waals surface area (Å²) >= 11 is 0. The van der Waals surface area contributed by atoms with Crippen LogP contribution in [0.15, 0.2) is 54.7 Å². The topological polar surface area (TPSA) is 121 Å². The van der Waals surface area contributed by atoms with Crippen molar-refractivity contribution in [2.45, 2.75) is 32.6 Å². The van der Waals surface area contributed by atoms with Crippen LogP contribution in [0.2, 0.25) is 0 Å². The zero-order chi connectivity index (χ0) is 23.9.